The summed E-state index contributed by atoms with van der Waals surface area (Å²) in [5, 5.41) is 2.44. The van der Waals surface area contributed by atoms with E-state index in [9.17, 15) is 18.4 Å². The first-order chi connectivity index (χ1) is 11.8. The van der Waals surface area contributed by atoms with Gasteiger partial charge in [0.15, 0.2) is 0 Å². The SMILES string of the molecule is C#COC(=O)[C@H](Cc1cc(F)cc(F)c1)NC(=O)/C=C/CC(C)CC. The van der Waals surface area contributed by atoms with Crippen LogP contribution in [0.2, 0.25) is 0 Å². The van der Waals surface area contributed by atoms with Crippen molar-refractivity contribution in [2.24, 2.45) is 5.92 Å². The quantitative estimate of drug-likeness (QED) is 0.446. The molecule has 134 valence electrons. The van der Waals surface area contributed by atoms with Gasteiger partial charge < -0.3 is 10.1 Å². The fourth-order valence-corrected chi connectivity index (χ4v) is 2.08. The second-order valence-corrected chi connectivity index (χ2v) is 5.73. The largest absolute Gasteiger partial charge is 0.371 e. The van der Waals surface area contributed by atoms with Crippen molar-refractivity contribution in [3.63, 3.8) is 0 Å². The first-order valence-electron chi connectivity index (χ1n) is 7.94. The Morgan fingerprint density at radius 1 is 1.32 bits per heavy atom. The molecule has 0 radical (unpaired) electrons. The lowest BCUT2D eigenvalue weighted by atomic mass is 10.0. The maximum Gasteiger partial charge on any atom is 0.342 e. The minimum atomic E-state index is -1.15. The van der Waals surface area contributed by atoms with E-state index in [-0.39, 0.29) is 12.0 Å². The van der Waals surface area contributed by atoms with Gasteiger partial charge in [-0.25, -0.2) is 13.6 Å². The average Bonchev–Trinajstić information content (AvgIpc) is 2.53. The number of hydrogen-bond donors (Lipinski definition) is 1. The van der Waals surface area contributed by atoms with Crippen molar-refractivity contribution in [3.8, 4) is 12.5 Å². The zero-order chi connectivity index (χ0) is 18.8. The molecule has 0 aromatic heterocycles. The summed E-state index contributed by atoms with van der Waals surface area (Å²) in [5.41, 5.74) is 0.195. The smallest absolute Gasteiger partial charge is 0.342 e. The van der Waals surface area contributed by atoms with E-state index < -0.39 is 29.6 Å². The maximum atomic E-state index is 13.3. The van der Waals surface area contributed by atoms with Gasteiger partial charge in [0.25, 0.3) is 0 Å². The standard InChI is InChI=1S/C19H21F2NO3/c1-4-13(3)7-6-8-18(23)22-17(19(24)25-5-2)11-14-9-15(20)12-16(21)10-14/h2,6,8-10,12-13,17H,4,7,11H2,1,3H3,(H,22,23)/b8-6+/t13?,17-/m0/s1. The van der Waals surface area contributed by atoms with Crippen molar-refractivity contribution in [1.82, 2.24) is 5.32 Å². The summed E-state index contributed by atoms with van der Waals surface area (Å²) in [6.07, 6.45) is 11.2. The van der Waals surface area contributed by atoms with Crippen LogP contribution in [0.15, 0.2) is 30.4 Å². The van der Waals surface area contributed by atoms with Crippen LogP contribution in [0.5, 0.6) is 0 Å². The highest BCUT2D eigenvalue weighted by molar-refractivity contribution is 5.91. The molecular weight excluding hydrogens is 328 g/mol. The number of nitrogens with one attached hydrogen (secondary N) is 1. The van der Waals surface area contributed by atoms with Crippen LogP contribution in [0.3, 0.4) is 0 Å². The van der Waals surface area contributed by atoms with E-state index in [0.29, 0.717) is 12.0 Å². The number of rotatable bonds is 8. The van der Waals surface area contributed by atoms with E-state index >= 15 is 0 Å². The minimum absolute atomic E-state index is 0.153. The summed E-state index contributed by atoms with van der Waals surface area (Å²) < 4.78 is 31.0. The summed E-state index contributed by atoms with van der Waals surface area (Å²) in [6, 6.07) is 1.71. The van der Waals surface area contributed by atoms with E-state index in [4.69, 9.17) is 6.42 Å². The third kappa shape index (κ3) is 7.62. The van der Waals surface area contributed by atoms with E-state index in [1.165, 1.54) is 6.08 Å². The van der Waals surface area contributed by atoms with Crippen LogP contribution in [0, 0.1) is 30.1 Å². The number of benzene rings is 1. The summed E-state index contributed by atoms with van der Waals surface area (Å²) in [5.74, 6) is -2.52. The number of allylic oxidation sites excluding steroid dienone is 1. The Kier molecular flexibility index (Phi) is 8.34. The highest BCUT2D eigenvalue weighted by atomic mass is 19.1. The number of terminal acetylenes is 1. The van der Waals surface area contributed by atoms with Crippen molar-refractivity contribution in [1.29, 1.82) is 0 Å². The molecule has 25 heavy (non-hydrogen) atoms. The molecule has 1 N–H and O–H groups in total. The predicted molar refractivity (Wildman–Crippen MR) is 90.1 cm³/mol. The molecule has 2 atom stereocenters. The Bertz CT molecular complexity index is 659. The van der Waals surface area contributed by atoms with Crippen molar-refractivity contribution < 1.29 is 23.1 Å². The van der Waals surface area contributed by atoms with Crippen LogP contribution in [0.1, 0.15) is 32.3 Å². The fourth-order valence-electron chi connectivity index (χ4n) is 2.08. The molecule has 1 aromatic rings. The average molecular weight is 349 g/mol. The second-order valence-electron chi connectivity index (χ2n) is 5.73. The normalized spacial score (nSPS) is 13.1. The Morgan fingerprint density at radius 3 is 2.52 bits per heavy atom. The zero-order valence-electron chi connectivity index (χ0n) is 14.2. The van der Waals surface area contributed by atoms with E-state index in [1.54, 1.807) is 12.2 Å². The first-order valence-corrected chi connectivity index (χ1v) is 7.94. The molecule has 0 aliphatic heterocycles. The molecule has 1 unspecified atom stereocenters. The van der Waals surface area contributed by atoms with E-state index in [2.05, 4.69) is 10.1 Å². The van der Waals surface area contributed by atoms with E-state index in [0.717, 1.165) is 25.0 Å². The van der Waals surface area contributed by atoms with Gasteiger partial charge in [0, 0.05) is 12.5 Å². The number of esters is 1. The Labute approximate surface area is 146 Å². The number of hydrogen-bond acceptors (Lipinski definition) is 3. The van der Waals surface area contributed by atoms with Crippen LogP contribution < -0.4 is 5.32 Å². The van der Waals surface area contributed by atoms with Crippen LogP contribution >= 0.6 is 0 Å². The summed E-state index contributed by atoms with van der Waals surface area (Å²) in [7, 11) is 0. The molecule has 0 aliphatic rings. The van der Waals surface area contributed by atoms with E-state index in [1.807, 2.05) is 13.8 Å². The molecule has 4 nitrogen and oxygen atoms in total. The molecule has 0 spiro atoms. The summed E-state index contributed by atoms with van der Waals surface area (Å²) in [6.45, 7) is 4.09. The lowest BCUT2D eigenvalue weighted by molar-refractivity contribution is -0.140. The number of ether oxygens (including phenoxy) is 1. The minimum Gasteiger partial charge on any atom is -0.371 e. The highest BCUT2D eigenvalue weighted by Gasteiger charge is 2.22. The van der Waals surface area contributed by atoms with Crippen molar-refractivity contribution in [2.75, 3.05) is 0 Å². The summed E-state index contributed by atoms with van der Waals surface area (Å²) >= 11 is 0. The molecule has 0 heterocycles. The van der Waals surface area contributed by atoms with Gasteiger partial charge in [0.1, 0.15) is 23.8 Å². The highest BCUT2D eigenvalue weighted by Crippen LogP contribution is 2.11. The van der Waals surface area contributed by atoms with Gasteiger partial charge in [-0.15, -0.1) is 0 Å². The summed E-state index contributed by atoms with van der Waals surface area (Å²) in [4.78, 5) is 23.8. The lowest BCUT2D eigenvalue weighted by Gasteiger charge is -2.15. The van der Waals surface area contributed by atoms with Gasteiger partial charge in [0.05, 0.1) is 0 Å². The maximum absolute atomic E-state index is 13.3. The molecule has 1 aromatic carbocycles. The molecule has 0 bridgehead atoms. The first kappa shape index (κ1) is 20.4. The third-order valence-corrected chi connectivity index (χ3v) is 3.63. The van der Waals surface area contributed by atoms with Crippen molar-refractivity contribution in [3.05, 3.63) is 47.5 Å². The fraction of sp³-hybridized carbons (Fsp3) is 0.368. The lowest BCUT2D eigenvalue weighted by Crippen LogP contribution is -2.42. The molecule has 0 saturated carbocycles. The van der Waals surface area contributed by atoms with Gasteiger partial charge in [-0.2, -0.15) is 0 Å². The second kappa shape index (κ2) is 10.2. The number of carbonyl (C=O) groups excluding carboxylic acids is 2. The molecule has 1 rings (SSSR count). The number of carbonyl (C=O) groups is 2. The Morgan fingerprint density at radius 2 is 1.96 bits per heavy atom. The van der Waals surface area contributed by atoms with Crippen LogP contribution in [-0.2, 0) is 20.7 Å². The molecule has 0 saturated heterocycles. The molecule has 0 aliphatic carbocycles. The monoisotopic (exact) mass is 349 g/mol. The Balaban J connectivity index is 2.81. The van der Waals surface area contributed by atoms with Crippen LogP contribution in [-0.4, -0.2) is 17.9 Å². The molecule has 0 fully saturated rings. The molecular formula is C19H21F2NO3. The Hall–Kier alpha value is -2.68. The zero-order valence-corrected chi connectivity index (χ0v) is 14.2. The van der Waals surface area contributed by atoms with Gasteiger partial charge in [0.2, 0.25) is 5.91 Å². The van der Waals surface area contributed by atoms with Gasteiger partial charge >= 0.3 is 5.97 Å². The van der Waals surface area contributed by atoms with Crippen LogP contribution in [0.25, 0.3) is 0 Å². The topological polar surface area (TPSA) is 55.4 Å². The van der Waals surface area contributed by atoms with Crippen molar-refractivity contribution in [2.45, 2.75) is 39.2 Å². The number of halogens is 2. The third-order valence-electron chi connectivity index (χ3n) is 3.63. The van der Waals surface area contributed by atoms with Gasteiger partial charge in [-0.3, -0.25) is 4.79 Å². The van der Waals surface area contributed by atoms with Crippen molar-refractivity contribution >= 4 is 11.9 Å². The van der Waals surface area contributed by atoms with Gasteiger partial charge in [-0.1, -0.05) is 32.8 Å². The molecule has 6 heteroatoms. The predicted octanol–water partition coefficient (Wildman–Crippen LogP) is 3.12. The van der Waals surface area contributed by atoms with Crippen LogP contribution in [0.4, 0.5) is 8.78 Å². The van der Waals surface area contributed by atoms with Gasteiger partial charge in [-0.05, 0) is 36.1 Å². The molecule has 1 amide bonds. The number of amides is 1.